The van der Waals surface area contributed by atoms with Crippen molar-refractivity contribution in [3.8, 4) is 0 Å². The van der Waals surface area contributed by atoms with Gasteiger partial charge in [0.15, 0.2) is 0 Å². The molecule has 1 unspecified atom stereocenters. The number of rotatable bonds is 4. The second kappa shape index (κ2) is 6.13. The zero-order chi connectivity index (χ0) is 13.1. The highest BCUT2D eigenvalue weighted by Gasteiger charge is 2.21. The van der Waals surface area contributed by atoms with Crippen molar-refractivity contribution >= 4 is 11.3 Å². The molecule has 0 bridgehead atoms. The van der Waals surface area contributed by atoms with Gasteiger partial charge in [-0.25, -0.2) is 4.98 Å². The molecule has 1 aromatic rings. The van der Waals surface area contributed by atoms with E-state index >= 15 is 0 Å². The zero-order valence-corrected chi connectivity index (χ0v) is 12.8. The van der Waals surface area contributed by atoms with Crippen molar-refractivity contribution in [2.45, 2.75) is 52.6 Å². The molecule has 0 aliphatic carbocycles. The normalized spacial score (nSPS) is 20.2. The maximum atomic E-state index is 4.52. The molecule has 0 amide bonds. The Morgan fingerprint density at radius 1 is 1.39 bits per heavy atom. The predicted octanol–water partition coefficient (Wildman–Crippen LogP) is 2.89. The molecule has 3 nitrogen and oxygen atoms in total. The van der Waals surface area contributed by atoms with E-state index < -0.39 is 0 Å². The standard InChI is InChI=1S/C14H25N3S/c1-5-17-8-6-13(7-9-17)16-11(3)14-10(2)15-12(4)18-14/h11,13,16H,5-9H2,1-4H3. The SMILES string of the molecule is CCN1CCC(NC(C)c2sc(C)nc2C)CC1. The van der Waals surface area contributed by atoms with Crippen LogP contribution in [0.2, 0.25) is 0 Å². The van der Waals surface area contributed by atoms with Gasteiger partial charge in [-0.05, 0) is 53.2 Å². The average Bonchev–Trinajstić information content (AvgIpc) is 2.69. The van der Waals surface area contributed by atoms with Crippen molar-refractivity contribution in [3.63, 3.8) is 0 Å². The van der Waals surface area contributed by atoms with E-state index in [0.717, 1.165) is 0 Å². The predicted molar refractivity (Wildman–Crippen MR) is 78.3 cm³/mol. The molecule has 1 atom stereocenters. The van der Waals surface area contributed by atoms with Gasteiger partial charge in [0.05, 0.1) is 10.7 Å². The van der Waals surface area contributed by atoms with Gasteiger partial charge in [-0.3, -0.25) is 0 Å². The molecule has 1 aliphatic rings. The fraction of sp³-hybridized carbons (Fsp3) is 0.786. The summed E-state index contributed by atoms with van der Waals surface area (Å²) in [6.07, 6.45) is 2.55. The Hall–Kier alpha value is -0.450. The molecule has 2 heterocycles. The molecule has 1 saturated heterocycles. The van der Waals surface area contributed by atoms with Crippen LogP contribution in [0.5, 0.6) is 0 Å². The first-order valence-electron chi connectivity index (χ1n) is 7.02. The van der Waals surface area contributed by atoms with Gasteiger partial charge in [-0.2, -0.15) is 0 Å². The highest BCUT2D eigenvalue weighted by molar-refractivity contribution is 7.11. The molecule has 0 aromatic carbocycles. The number of thiazole rings is 1. The third-order valence-electron chi connectivity index (χ3n) is 3.85. The largest absolute Gasteiger partial charge is 0.307 e. The quantitative estimate of drug-likeness (QED) is 0.909. The Balaban J connectivity index is 1.88. The Bertz CT molecular complexity index is 380. The molecule has 1 aliphatic heterocycles. The molecule has 1 N–H and O–H groups in total. The van der Waals surface area contributed by atoms with Crippen molar-refractivity contribution < 1.29 is 0 Å². The fourth-order valence-corrected chi connectivity index (χ4v) is 3.73. The van der Waals surface area contributed by atoms with Crippen LogP contribution in [0.25, 0.3) is 0 Å². The van der Waals surface area contributed by atoms with Gasteiger partial charge in [0, 0.05) is 17.0 Å². The summed E-state index contributed by atoms with van der Waals surface area (Å²) in [5.41, 5.74) is 1.20. The number of nitrogens with zero attached hydrogens (tertiary/aromatic N) is 2. The van der Waals surface area contributed by atoms with E-state index in [1.54, 1.807) is 0 Å². The number of nitrogens with one attached hydrogen (secondary N) is 1. The van der Waals surface area contributed by atoms with Crippen LogP contribution >= 0.6 is 11.3 Å². The summed E-state index contributed by atoms with van der Waals surface area (Å²) in [5.74, 6) is 0. The van der Waals surface area contributed by atoms with Crippen LogP contribution in [0.4, 0.5) is 0 Å². The highest BCUT2D eigenvalue weighted by atomic mass is 32.1. The number of aryl methyl sites for hydroxylation is 2. The molecule has 1 aromatic heterocycles. The second-order valence-electron chi connectivity index (χ2n) is 5.28. The van der Waals surface area contributed by atoms with Crippen LogP contribution in [-0.2, 0) is 0 Å². The number of hydrogen-bond acceptors (Lipinski definition) is 4. The van der Waals surface area contributed by atoms with Gasteiger partial charge in [0.25, 0.3) is 0 Å². The molecule has 0 radical (unpaired) electrons. The maximum Gasteiger partial charge on any atom is 0.0900 e. The minimum atomic E-state index is 0.439. The van der Waals surface area contributed by atoms with E-state index in [-0.39, 0.29) is 0 Å². The molecule has 18 heavy (non-hydrogen) atoms. The number of piperidine rings is 1. The van der Waals surface area contributed by atoms with Gasteiger partial charge in [-0.1, -0.05) is 6.92 Å². The van der Waals surface area contributed by atoms with E-state index in [1.165, 1.54) is 48.1 Å². The molecule has 1 fully saturated rings. The van der Waals surface area contributed by atoms with Crippen LogP contribution in [0.1, 0.15) is 48.3 Å². The minimum absolute atomic E-state index is 0.439. The third-order valence-corrected chi connectivity index (χ3v) is 5.11. The van der Waals surface area contributed by atoms with Gasteiger partial charge in [0.1, 0.15) is 0 Å². The first kappa shape index (κ1) is 14.0. The second-order valence-corrected chi connectivity index (χ2v) is 6.51. The molecule has 2 rings (SSSR count). The summed E-state index contributed by atoms with van der Waals surface area (Å²) in [7, 11) is 0. The lowest BCUT2D eigenvalue weighted by molar-refractivity contribution is 0.200. The van der Waals surface area contributed by atoms with Crippen LogP contribution in [0.15, 0.2) is 0 Å². The Morgan fingerprint density at radius 3 is 2.56 bits per heavy atom. The highest BCUT2D eigenvalue weighted by Crippen LogP contribution is 2.25. The van der Waals surface area contributed by atoms with Gasteiger partial charge in [0.2, 0.25) is 0 Å². The van der Waals surface area contributed by atoms with Crippen molar-refractivity contribution in [2.75, 3.05) is 19.6 Å². The fourth-order valence-electron chi connectivity index (χ4n) is 2.79. The van der Waals surface area contributed by atoms with Crippen LogP contribution in [0.3, 0.4) is 0 Å². The van der Waals surface area contributed by atoms with Gasteiger partial charge in [-0.15, -0.1) is 11.3 Å². The first-order chi connectivity index (χ1) is 8.60. The molecule has 102 valence electrons. The molecule has 4 heteroatoms. The zero-order valence-electron chi connectivity index (χ0n) is 12.0. The lowest BCUT2D eigenvalue weighted by Crippen LogP contribution is -2.43. The van der Waals surface area contributed by atoms with Crippen LogP contribution < -0.4 is 5.32 Å². The summed E-state index contributed by atoms with van der Waals surface area (Å²) in [6.45, 7) is 12.4. The van der Waals surface area contributed by atoms with Crippen molar-refractivity contribution in [3.05, 3.63) is 15.6 Å². The smallest absolute Gasteiger partial charge is 0.0900 e. The molecule has 0 spiro atoms. The topological polar surface area (TPSA) is 28.2 Å². The number of hydrogen-bond donors (Lipinski definition) is 1. The summed E-state index contributed by atoms with van der Waals surface area (Å²) in [4.78, 5) is 8.46. The van der Waals surface area contributed by atoms with Crippen molar-refractivity contribution in [2.24, 2.45) is 0 Å². The van der Waals surface area contributed by atoms with E-state index in [0.29, 0.717) is 12.1 Å². The van der Waals surface area contributed by atoms with Crippen molar-refractivity contribution in [1.29, 1.82) is 0 Å². The third kappa shape index (κ3) is 3.31. The summed E-state index contributed by atoms with van der Waals surface area (Å²) in [6, 6.07) is 1.11. The van der Waals surface area contributed by atoms with Crippen LogP contribution in [-0.4, -0.2) is 35.6 Å². The lowest BCUT2D eigenvalue weighted by Gasteiger charge is -2.33. The van der Waals surface area contributed by atoms with E-state index in [9.17, 15) is 0 Å². The molecule has 0 saturated carbocycles. The monoisotopic (exact) mass is 267 g/mol. The summed E-state index contributed by atoms with van der Waals surface area (Å²) in [5, 5.41) is 4.96. The average molecular weight is 267 g/mol. The van der Waals surface area contributed by atoms with E-state index in [2.05, 4.69) is 42.9 Å². The van der Waals surface area contributed by atoms with E-state index in [4.69, 9.17) is 0 Å². The minimum Gasteiger partial charge on any atom is -0.307 e. The molecular weight excluding hydrogens is 242 g/mol. The van der Waals surface area contributed by atoms with Crippen LogP contribution in [0, 0.1) is 13.8 Å². The number of likely N-dealkylation sites (tertiary alicyclic amines) is 1. The lowest BCUT2D eigenvalue weighted by atomic mass is 10.0. The Morgan fingerprint density at radius 2 is 2.06 bits per heavy atom. The summed E-state index contributed by atoms with van der Waals surface area (Å²) < 4.78 is 0. The van der Waals surface area contributed by atoms with Gasteiger partial charge >= 0.3 is 0 Å². The summed E-state index contributed by atoms with van der Waals surface area (Å²) >= 11 is 1.83. The number of aromatic nitrogens is 1. The Kier molecular flexibility index (Phi) is 4.76. The Labute approximate surface area is 115 Å². The molecular formula is C14H25N3S. The van der Waals surface area contributed by atoms with Crippen molar-refractivity contribution in [1.82, 2.24) is 15.2 Å². The maximum absolute atomic E-state index is 4.52. The van der Waals surface area contributed by atoms with E-state index in [1.807, 2.05) is 11.3 Å². The van der Waals surface area contributed by atoms with Gasteiger partial charge < -0.3 is 10.2 Å². The first-order valence-corrected chi connectivity index (χ1v) is 7.84.